The predicted octanol–water partition coefficient (Wildman–Crippen LogP) is 2.01. The number of amides is 1. The minimum atomic E-state index is 0.0297. The summed E-state index contributed by atoms with van der Waals surface area (Å²) in [5.41, 5.74) is 1.99. The van der Waals surface area contributed by atoms with Crippen LogP contribution in [0.4, 0.5) is 5.82 Å². The minimum absolute atomic E-state index is 0.0297. The zero-order valence-electron chi connectivity index (χ0n) is 9.14. The number of rotatable bonds is 3. The number of carbonyl (C=O) groups is 1. The van der Waals surface area contributed by atoms with Crippen LogP contribution in [0.5, 0.6) is 0 Å². The largest absolute Gasteiger partial charge is 0.309 e. The van der Waals surface area contributed by atoms with Crippen LogP contribution in [-0.2, 0) is 4.79 Å². The SMILES string of the molecule is CCC(C)C(=O)Nc1n[nH]c(C)c1C. The molecule has 0 aliphatic carbocycles. The Balaban J connectivity index is 2.70. The molecule has 1 aromatic rings. The highest BCUT2D eigenvalue weighted by Gasteiger charge is 2.13. The second-order valence-corrected chi connectivity index (χ2v) is 3.62. The van der Waals surface area contributed by atoms with Gasteiger partial charge in [0.15, 0.2) is 5.82 Å². The fourth-order valence-corrected chi connectivity index (χ4v) is 1.03. The van der Waals surface area contributed by atoms with Gasteiger partial charge < -0.3 is 5.32 Å². The monoisotopic (exact) mass is 195 g/mol. The molecule has 0 aliphatic rings. The standard InChI is InChI=1S/C10H17N3O/c1-5-6(2)10(14)11-9-7(3)8(4)12-13-9/h6H,5H2,1-4H3,(H2,11,12,13,14). The Kier molecular flexibility index (Phi) is 3.28. The van der Waals surface area contributed by atoms with Crippen LogP contribution < -0.4 is 5.32 Å². The molecule has 2 N–H and O–H groups in total. The lowest BCUT2D eigenvalue weighted by atomic mass is 10.1. The average molecular weight is 195 g/mol. The first-order chi connectivity index (χ1) is 6.56. The molecule has 1 atom stereocenters. The Morgan fingerprint density at radius 2 is 2.21 bits per heavy atom. The summed E-state index contributed by atoms with van der Waals surface area (Å²) >= 11 is 0. The van der Waals surface area contributed by atoms with E-state index in [1.54, 1.807) is 0 Å². The van der Waals surface area contributed by atoms with Gasteiger partial charge in [-0.25, -0.2) is 0 Å². The van der Waals surface area contributed by atoms with Gasteiger partial charge in [-0.05, 0) is 20.3 Å². The fraction of sp³-hybridized carbons (Fsp3) is 0.600. The number of aryl methyl sites for hydroxylation is 1. The maximum Gasteiger partial charge on any atom is 0.228 e. The maximum absolute atomic E-state index is 11.5. The minimum Gasteiger partial charge on any atom is -0.309 e. The van der Waals surface area contributed by atoms with E-state index in [0.717, 1.165) is 17.7 Å². The molecule has 14 heavy (non-hydrogen) atoms. The lowest BCUT2D eigenvalue weighted by molar-refractivity contribution is -0.119. The highest BCUT2D eigenvalue weighted by atomic mass is 16.1. The van der Waals surface area contributed by atoms with Crippen molar-refractivity contribution in [1.29, 1.82) is 0 Å². The summed E-state index contributed by atoms with van der Waals surface area (Å²) in [5.74, 6) is 0.710. The van der Waals surface area contributed by atoms with E-state index in [1.807, 2.05) is 27.7 Å². The number of anilines is 1. The van der Waals surface area contributed by atoms with Crippen molar-refractivity contribution in [2.45, 2.75) is 34.1 Å². The molecule has 1 unspecified atom stereocenters. The molecule has 1 aromatic heterocycles. The number of hydrogen-bond acceptors (Lipinski definition) is 2. The van der Waals surface area contributed by atoms with Crippen LogP contribution in [0.3, 0.4) is 0 Å². The van der Waals surface area contributed by atoms with Gasteiger partial charge in [0.2, 0.25) is 5.91 Å². The van der Waals surface area contributed by atoms with Gasteiger partial charge in [-0.3, -0.25) is 9.89 Å². The highest BCUT2D eigenvalue weighted by Crippen LogP contribution is 2.15. The molecule has 0 fully saturated rings. The molecular weight excluding hydrogens is 178 g/mol. The zero-order chi connectivity index (χ0) is 10.7. The van der Waals surface area contributed by atoms with E-state index < -0.39 is 0 Å². The van der Waals surface area contributed by atoms with Gasteiger partial charge in [-0.1, -0.05) is 13.8 Å². The molecule has 78 valence electrons. The van der Waals surface area contributed by atoms with Gasteiger partial charge in [0.05, 0.1) is 0 Å². The van der Waals surface area contributed by atoms with Crippen molar-refractivity contribution in [1.82, 2.24) is 10.2 Å². The third kappa shape index (κ3) is 2.13. The van der Waals surface area contributed by atoms with Gasteiger partial charge in [0, 0.05) is 17.2 Å². The molecule has 0 bridgehead atoms. The van der Waals surface area contributed by atoms with Crippen LogP contribution in [-0.4, -0.2) is 16.1 Å². The molecular formula is C10H17N3O. The molecule has 0 saturated heterocycles. The van der Waals surface area contributed by atoms with Crippen molar-refractivity contribution in [2.75, 3.05) is 5.32 Å². The molecule has 0 aliphatic heterocycles. The summed E-state index contributed by atoms with van der Waals surface area (Å²) in [6, 6.07) is 0. The smallest absolute Gasteiger partial charge is 0.228 e. The number of aromatic amines is 1. The first kappa shape index (κ1) is 10.8. The van der Waals surface area contributed by atoms with Crippen LogP contribution in [0.1, 0.15) is 31.5 Å². The van der Waals surface area contributed by atoms with Crippen molar-refractivity contribution in [3.8, 4) is 0 Å². The first-order valence-electron chi connectivity index (χ1n) is 4.88. The van der Waals surface area contributed by atoms with Crippen molar-refractivity contribution in [3.05, 3.63) is 11.3 Å². The lowest BCUT2D eigenvalue weighted by Crippen LogP contribution is -2.20. The Morgan fingerprint density at radius 1 is 1.57 bits per heavy atom. The molecule has 0 radical (unpaired) electrons. The van der Waals surface area contributed by atoms with Crippen LogP contribution in [0.15, 0.2) is 0 Å². The van der Waals surface area contributed by atoms with Crippen molar-refractivity contribution >= 4 is 11.7 Å². The van der Waals surface area contributed by atoms with E-state index in [2.05, 4.69) is 15.5 Å². The molecule has 0 spiro atoms. The molecule has 0 saturated carbocycles. The van der Waals surface area contributed by atoms with E-state index >= 15 is 0 Å². The van der Waals surface area contributed by atoms with Crippen LogP contribution in [0.2, 0.25) is 0 Å². The fourth-order valence-electron chi connectivity index (χ4n) is 1.03. The van der Waals surface area contributed by atoms with E-state index in [4.69, 9.17) is 0 Å². The molecule has 1 amide bonds. The quantitative estimate of drug-likeness (QED) is 0.775. The van der Waals surface area contributed by atoms with Gasteiger partial charge in [0.1, 0.15) is 0 Å². The number of nitrogens with one attached hydrogen (secondary N) is 2. The highest BCUT2D eigenvalue weighted by molar-refractivity contribution is 5.92. The summed E-state index contributed by atoms with van der Waals surface area (Å²) < 4.78 is 0. The topological polar surface area (TPSA) is 57.8 Å². The maximum atomic E-state index is 11.5. The summed E-state index contributed by atoms with van der Waals surface area (Å²) in [4.78, 5) is 11.5. The van der Waals surface area contributed by atoms with E-state index in [1.165, 1.54) is 0 Å². The normalized spacial score (nSPS) is 12.6. The Labute approximate surface area is 84.1 Å². The average Bonchev–Trinajstić information content (AvgIpc) is 2.48. The summed E-state index contributed by atoms with van der Waals surface area (Å²) in [6.45, 7) is 7.77. The van der Waals surface area contributed by atoms with Gasteiger partial charge in [-0.15, -0.1) is 0 Å². The van der Waals surface area contributed by atoms with E-state index in [0.29, 0.717) is 5.82 Å². The number of hydrogen-bond donors (Lipinski definition) is 2. The van der Waals surface area contributed by atoms with E-state index in [9.17, 15) is 4.79 Å². The number of nitrogens with zero attached hydrogens (tertiary/aromatic N) is 1. The summed E-state index contributed by atoms with van der Waals surface area (Å²) in [5, 5.41) is 9.65. The second kappa shape index (κ2) is 4.26. The van der Waals surface area contributed by atoms with Crippen molar-refractivity contribution < 1.29 is 4.79 Å². The third-order valence-electron chi connectivity index (χ3n) is 2.55. The van der Waals surface area contributed by atoms with Gasteiger partial charge >= 0.3 is 0 Å². The Bertz CT molecular complexity index is 330. The van der Waals surface area contributed by atoms with Crippen molar-refractivity contribution in [3.63, 3.8) is 0 Å². The predicted molar refractivity (Wildman–Crippen MR) is 56.1 cm³/mol. The van der Waals surface area contributed by atoms with Crippen LogP contribution >= 0.6 is 0 Å². The molecule has 4 nitrogen and oxygen atoms in total. The third-order valence-corrected chi connectivity index (χ3v) is 2.55. The zero-order valence-corrected chi connectivity index (χ0v) is 9.14. The summed E-state index contributed by atoms with van der Waals surface area (Å²) in [6.07, 6.45) is 0.842. The lowest BCUT2D eigenvalue weighted by Gasteiger charge is -2.07. The number of H-pyrrole nitrogens is 1. The first-order valence-corrected chi connectivity index (χ1v) is 4.88. The molecule has 1 heterocycles. The van der Waals surface area contributed by atoms with Crippen LogP contribution in [0, 0.1) is 19.8 Å². The molecule has 1 rings (SSSR count). The second-order valence-electron chi connectivity index (χ2n) is 3.62. The number of aromatic nitrogens is 2. The van der Waals surface area contributed by atoms with Gasteiger partial charge in [-0.2, -0.15) is 5.10 Å². The van der Waals surface area contributed by atoms with E-state index in [-0.39, 0.29) is 11.8 Å². The molecule has 0 aromatic carbocycles. The Hall–Kier alpha value is -1.32. The van der Waals surface area contributed by atoms with Gasteiger partial charge in [0.25, 0.3) is 0 Å². The van der Waals surface area contributed by atoms with Crippen LogP contribution in [0.25, 0.3) is 0 Å². The Morgan fingerprint density at radius 3 is 2.64 bits per heavy atom. The summed E-state index contributed by atoms with van der Waals surface area (Å²) in [7, 11) is 0. The molecule has 4 heteroatoms. The van der Waals surface area contributed by atoms with Crippen molar-refractivity contribution in [2.24, 2.45) is 5.92 Å². The number of carbonyl (C=O) groups excluding carboxylic acids is 1.